The molecule has 0 saturated heterocycles. The van der Waals surface area contributed by atoms with Crippen LogP contribution in [0.1, 0.15) is 5.56 Å². The van der Waals surface area contributed by atoms with Crippen molar-refractivity contribution in [3.8, 4) is 39.7 Å². The summed E-state index contributed by atoms with van der Waals surface area (Å²) in [7, 11) is 1.66. The van der Waals surface area contributed by atoms with E-state index in [9.17, 15) is 0 Å². The first-order chi connectivity index (χ1) is 13.6. The molecule has 0 atom stereocenters. The van der Waals surface area contributed by atoms with Crippen molar-refractivity contribution in [3.63, 3.8) is 0 Å². The highest BCUT2D eigenvalue weighted by atomic mass is 35.5. The maximum Gasteiger partial charge on any atom is 0.138 e. The Labute approximate surface area is 173 Å². The van der Waals surface area contributed by atoms with Crippen LogP contribution in [-0.4, -0.2) is 17.1 Å². The Morgan fingerprint density at radius 2 is 1.57 bits per heavy atom. The predicted molar refractivity (Wildman–Crippen MR) is 116 cm³/mol. The van der Waals surface area contributed by atoms with E-state index in [0.29, 0.717) is 10.0 Å². The first-order valence-corrected chi connectivity index (χ1v) is 9.58. The summed E-state index contributed by atoms with van der Waals surface area (Å²) in [4.78, 5) is 8.41. The number of hydrogen-bond donors (Lipinski definition) is 1. The van der Waals surface area contributed by atoms with Gasteiger partial charge in [0, 0.05) is 16.7 Å². The number of aromatic amines is 1. The van der Waals surface area contributed by atoms with Crippen molar-refractivity contribution in [1.29, 1.82) is 0 Å². The van der Waals surface area contributed by atoms with Gasteiger partial charge in [0.1, 0.15) is 11.6 Å². The minimum Gasteiger partial charge on any atom is -0.497 e. The lowest BCUT2D eigenvalue weighted by atomic mass is 10.1. The molecule has 0 aliphatic rings. The third kappa shape index (κ3) is 3.51. The molecule has 0 radical (unpaired) electrons. The molecule has 4 rings (SSSR count). The molecule has 0 spiro atoms. The van der Waals surface area contributed by atoms with Crippen LogP contribution in [0.3, 0.4) is 0 Å². The van der Waals surface area contributed by atoms with Gasteiger partial charge in [-0.15, -0.1) is 0 Å². The fourth-order valence-corrected chi connectivity index (χ4v) is 3.46. The number of aryl methyl sites for hydroxylation is 1. The quantitative estimate of drug-likeness (QED) is 0.393. The third-order valence-corrected chi connectivity index (χ3v) is 5.41. The monoisotopic (exact) mass is 408 g/mol. The van der Waals surface area contributed by atoms with Crippen LogP contribution in [0.2, 0.25) is 10.0 Å². The predicted octanol–water partition coefficient (Wildman–Crippen LogP) is 7.03. The second-order valence-corrected chi connectivity index (χ2v) is 7.30. The van der Waals surface area contributed by atoms with Crippen LogP contribution >= 0.6 is 23.2 Å². The molecule has 1 aromatic heterocycles. The van der Waals surface area contributed by atoms with Crippen LogP contribution in [0.25, 0.3) is 33.9 Å². The Bertz CT molecular complexity index is 1130. The molecule has 0 aliphatic carbocycles. The highest BCUT2D eigenvalue weighted by Gasteiger charge is 2.17. The summed E-state index contributed by atoms with van der Waals surface area (Å²) in [5.41, 5.74) is 5.86. The number of halogens is 2. The summed E-state index contributed by atoms with van der Waals surface area (Å²) in [5, 5.41) is 1.02. The van der Waals surface area contributed by atoms with Gasteiger partial charge in [0.25, 0.3) is 0 Å². The summed E-state index contributed by atoms with van der Waals surface area (Å²) >= 11 is 12.4. The van der Waals surface area contributed by atoms with Gasteiger partial charge in [-0.3, -0.25) is 0 Å². The fourth-order valence-electron chi connectivity index (χ4n) is 3.16. The Hall–Kier alpha value is -2.75. The van der Waals surface area contributed by atoms with Gasteiger partial charge in [-0.05, 0) is 48.9 Å². The van der Waals surface area contributed by atoms with Crippen molar-refractivity contribution in [1.82, 2.24) is 9.97 Å². The van der Waals surface area contributed by atoms with Crippen LogP contribution in [0.15, 0.2) is 66.7 Å². The van der Waals surface area contributed by atoms with Crippen molar-refractivity contribution < 1.29 is 4.74 Å². The number of H-pyrrole nitrogens is 1. The average Bonchev–Trinajstić information content (AvgIpc) is 3.15. The first-order valence-electron chi connectivity index (χ1n) is 8.82. The Balaban J connectivity index is 1.91. The molecule has 0 saturated carbocycles. The maximum atomic E-state index is 6.26. The Morgan fingerprint density at radius 3 is 2.25 bits per heavy atom. The number of nitrogens with one attached hydrogen (secondary N) is 1. The molecule has 28 heavy (non-hydrogen) atoms. The highest BCUT2D eigenvalue weighted by Crippen LogP contribution is 2.36. The molecule has 3 nitrogen and oxygen atoms in total. The summed E-state index contributed by atoms with van der Waals surface area (Å²) in [6, 6.07) is 21.6. The van der Waals surface area contributed by atoms with Gasteiger partial charge in [0.05, 0.1) is 28.5 Å². The fraction of sp³-hybridized carbons (Fsp3) is 0.0870. The van der Waals surface area contributed by atoms with Crippen molar-refractivity contribution >= 4 is 23.2 Å². The standard InChI is InChI=1S/C23H18Cl2N2O/c1-14-5-3-4-6-18(14)23-26-21(15-7-10-17(28-2)11-8-15)22(27-23)16-9-12-19(24)20(25)13-16/h3-13H,1-2H3,(H,26,27). The number of methoxy groups -OCH3 is 1. The second-order valence-electron chi connectivity index (χ2n) is 6.48. The minimum atomic E-state index is 0.500. The molecule has 5 heteroatoms. The van der Waals surface area contributed by atoms with E-state index in [1.807, 2.05) is 48.5 Å². The molecular formula is C23H18Cl2N2O. The first kappa shape index (κ1) is 18.6. The smallest absolute Gasteiger partial charge is 0.138 e. The summed E-state index contributed by atoms with van der Waals surface area (Å²) in [6.45, 7) is 2.07. The number of ether oxygens (including phenoxy) is 1. The molecule has 1 heterocycles. The largest absolute Gasteiger partial charge is 0.497 e. The van der Waals surface area contributed by atoms with Crippen molar-refractivity contribution in [2.24, 2.45) is 0 Å². The highest BCUT2D eigenvalue weighted by molar-refractivity contribution is 6.42. The van der Waals surface area contributed by atoms with Gasteiger partial charge in [-0.25, -0.2) is 4.98 Å². The van der Waals surface area contributed by atoms with Crippen LogP contribution in [0.5, 0.6) is 5.75 Å². The van der Waals surface area contributed by atoms with Gasteiger partial charge in [0.15, 0.2) is 0 Å². The van der Waals surface area contributed by atoms with E-state index < -0.39 is 0 Å². The maximum absolute atomic E-state index is 6.26. The zero-order valence-corrected chi connectivity index (χ0v) is 17.0. The molecule has 4 aromatic rings. The van der Waals surface area contributed by atoms with E-state index in [1.165, 1.54) is 0 Å². The number of imidazole rings is 1. The summed E-state index contributed by atoms with van der Waals surface area (Å²) < 4.78 is 5.28. The number of hydrogen-bond acceptors (Lipinski definition) is 2. The van der Waals surface area contributed by atoms with Crippen LogP contribution < -0.4 is 4.74 Å². The van der Waals surface area contributed by atoms with E-state index in [4.69, 9.17) is 32.9 Å². The molecule has 140 valence electrons. The molecule has 0 amide bonds. The number of aromatic nitrogens is 2. The zero-order valence-electron chi connectivity index (χ0n) is 15.5. The van der Waals surface area contributed by atoms with E-state index in [0.717, 1.165) is 45.2 Å². The van der Waals surface area contributed by atoms with Crippen molar-refractivity contribution in [3.05, 3.63) is 82.3 Å². The lowest BCUT2D eigenvalue weighted by Gasteiger charge is -2.06. The van der Waals surface area contributed by atoms with Crippen LogP contribution in [-0.2, 0) is 0 Å². The SMILES string of the molecule is COc1ccc(-c2[nH]c(-c3ccccc3C)nc2-c2ccc(Cl)c(Cl)c2)cc1. The number of nitrogens with zero attached hydrogens (tertiary/aromatic N) is 1. The second kappa shape index (κ2) is 7.70. The summed E-state index contributed by atoms with van der Waals surface area (Å²) in [6.07, 6.45) is 0. The van der Waals surface area contributed by atoms with Gasteiger partial charge < -0.3 is 9.72 Å². The molecule has 0 fully saturated rings. The molecule has 3 aromatic carbocycles. The number of benzene rings is 3. The van der Waals surface area contributed by atoms with Crippen molar-refractivity contribution in [2.45, 2.75) is 6.92 Å². The zero-order chi connectivity index (χ0) is 19.7. The molecule has 0 bridgehead atoms. The van der Waals surface area contributed by atoms with Crippen molar-refractivity contribution in [2.75, 3.05) is 7.11 Å². The van der Waals surface area contributed by atoms with Gasteiger partial charge in [0.2, 0.25) is 0 Å². The minimum absolute atomic E-state index is 0.500. The lowest BCUT2D eigenvalue weighted by Crippen LogP contribution is -1.86. The van der Waals surface area contributed by atoms with Gasteiger partial charge >= 0.3 is 0 Å². The lowest BCUT2D eigenvalue weighted by molar-refractivity contribution is 0.415. The molecule has 1 N–H and O–H groups in total. The Morgan fingerprint density at radius 1 is 0.857 bits per heavy atom. The van der Waals surface area contributed by atoms with E-state index in [2.05, 4.69) is 24.0 Å². The normalized spacial score (nSPS) is 10.9. The van der Waals surface area contributed by atoms with E-state index in [1.54, 1.807) is 13.2 Å². The van der Waals surface area contributed by atoms with E-state index in [-0.39, 0.29) is 0 Å². The number of rotatable bonds is 4. The topological polar surface area (TPSA) is 37.9 Å². The van der Waals surface area contributed by atoms with Crippen LogP contribution in [0.4, 0.5) is 0 Å². The molecule has 0 unspecified atom stereocenters. The summed E-state index contributed by atoms with van der Waals surface area (Å²) in [5.74, 6) is 1.61. The van der Waals surface area contributed by atoms with Crippen LogP contribution in [0, 0.1) is 6.92 Å². The average molecular weight is 409 g/mol. The van der Waals surface area contributed by atoms with E-state index >= 15 is 0 Å². The molecular weight excluding hydrogens is 391 g/mol. The molecule has 0 aliphatic heterocycles. The Kier molecular flexibility index (Phi) is 5.12. The van der Waals surface area contributed by atoms with Gasteiger partial charge in [-0.1, -0.05) is 53.5 Å². The third-order valence-electron chi connectivity index (χ3n) is 4.68. The van der Waals surface area contributed by atoms with Gasteiger partial charge in [-0.2, -0.15) is 0 Å².